The Hall–Kier alpha value is -1.13. The van der Waals surface area contributed by atoms with Gasteiger partial charge in [0.05, 0.1) is 11.8 Å². The Balaban J connectivity index is 2.91. The summed E-state index contributed by atoms with van der Waals surface area (Å²) in [4.78, 5) is 1.70. The van der Waals surface area contributed by atoms with Crippen molar-refractivity contribution in [2.24, 2.45) is 0 Å². The van der Waals surface area contributed by atoms with E-state index in [1.807, 2.05) is 0 Å². The largest absolute Gasteiger partial charge is 0.387 e. The highest BCUT2D eigenvalue weighted by Crippen LogP contribution is 2.21. The first-order valence-electron chi connectivity index (χ1n) is 4.85. The number of benzene rings is 1. The van der Waals surface area contributed by atoms with Crippen LogP contribution in [0.4, 0.5) is 10.1 Å². The number of nitrogens with zero attached hydrogens (tertiary/aromatic N) is 1. The molecule has 15 heavy (non-hydrogen) atoms. The summed E-state index contributed by atoms with van der Waals surface area (Å²) < 4.78 is 13.5. The molecule has 1 unspecified atom stereocenters. The summed E-state index contributed by atoms with van der Waals surface area (Å²) in [6, 6.07) is 4.78. The highest BCUT2D eigenvalue weighted by Gasteiger charge is 2.10. The number of anilines is 1. The number of nitrogens with one attached hydrogen (secondary N) is 1. The van der Waals surface area contributed by atoms with Gasteiger partial charge in [-0.15, -0.1) is 0 Å². The lowest BCUT2D eigenvalue weighted by Gasteiger charge is -2.16. The van der Waals surface area contributed by atoms with E-state index in [2.05, 4.69) is 5.32 Å². The number of rotatable bonds is 4. The van der Waals surface area contributed by atoms with Gasteiger partial charge in [-0.1, -0.05) is 6.07 Å². The van der Waals surface area contributed by atoms with Crippen LogP contribution in [-0.2, 0) is 0 Å². The third-order valence-corrected chi connectivity index (χ3v) is 2.24. The molecular formula is C11H17FN2O. The molecule has 1 aromatic carbocycles. The van der Waals surface area contributed by atoms with Crippen molar-refractivity contribution < 1.29 is 9.50 Å². The minimum Gasteiger partial charge on any atom is -0.387 e. The zero-order valence-electron chi connectivity index (χ0n) is 9.29. The monoisotopic (exact) mass is 212 g/mol. The molecule has 0 saturated heterocycles. The Morgan fingerprint density at radius 3 is 2.60 bits per heavy atom. The van der Waals surface area contributed by atoms with Crippen LogP contribution in [0, 0.1) is 5.82 Å². The maximum Gasteiger partial charge on any atom is 0.146 e. The van der Waals surface area contributed by atoms with Gasteiger partial charge in [0.15, 0.2) is 0 Å². The van der Waals surface area contributed by atoms with E-state index in [4.69, 9.17) is 0 Å². The van der Waals surface area contributed by atoms with Gasteiger partial charge in [0.25, 0.3) is 0 Å². The van der Waals surface area contributed by atoms with Crippen molar-refractivity contribution in [2.75, 3.05) is 32.6 Å². The molecule has 0 radical (unpaired) electrons. The van der Waals surface area contributed by atoms with Gasteiger partial charge < -0.3 is 15.3 Å². The molecule has 0 aliphatic heterocycles. The highest BCUT2D eigenvalue weighted by molar-refractivity contribution is 5.48. The molecule has 3 nitrogen and oxygen atoms in total. The molecule has 0 heterocycles. The number of likely N-dealkylation sites (N-methyl/N-ethyl adjacent to an activating group) is 1. The molecule has 1 atom stereocenters. The summed E-state index contributed by atoms with van der Waals surface area (Å²) in [7, 11) is 5.30. The maximum absolute atomic E-state index is 13.5. The van der Waals surface area contributed by atoms with E-state index in [0.29, 0.717) is 17.8 Å². The topological polar surface area (TPSA) is 35.5 Å². The van der Waals surface area contributed by atoms with E-state index in [9.17, 15) is 9.50 Å². The van der Waals surface area contributed by atoms with Gasteiger partial charge in [0, 0.05) is 20.6 Å². The van der Waals surface area contributed by atoms with E-state index >= 15 is 0 Å². The van der Waals surface area contributed by atoms with Crippen LogP contribution in [0.1, 0.15) is 11.7 Å². The number of hydrogen-bond acceptors (Lipinski definition) is 3. The van der Waals surface area contributed by atoms with Gasteiger partial charge >= 0.3 is 0 Å². The van der Waals surface area contributed by atoms with Crippen LogP contribution < -0.4 is 10.2 Å². The zero-order valence-corrected chi connectivity index (χ0v) is 9.29. The SMILES string of the molecule is CNCC(O)c1ccc(N(C)C)c(F)c1. The standard InChI is InChI=1S/C11H17FN2O/c1-13-7-11(15)8-4-5-10(14(2)3)9(12)6-8/h4-6,11,13,15H,7H2,1-3H3. The molecule has 0 aliphatic carbocycles. The Labute approximate surface area is 89.5 Å². The van der Waals surface area contributed by atoms with E-state index in [-0.39, 0.29) is 5.82 Å². The Bertz CT molecular complexity index is 328. The van der Waals surface area contributed by atoms with Crippen molar-refractivity contribution in [1.29, 1.82) is 0 Å². The fraction of sp³-hybridized carbons (Fsp3) is 0.455. The Kier molecular flexibility index (Phi) is 4.05. The predicted octanol–water partition coefficient (Wildman–Crippen LogP) is 1.14. The van der Waals surface area contributed by atoms with Crippen LogP contribution >= 0.6 is 0 Å². The first-order chi connectivity index (χ1) is 7.06. The normalized spacial score (nSPS) is 12.6. The summed E-state index contributed by atoms with van der Waals surface area (Å²) >= 11 is 0. The van der Waals surface area contributed by atoms with Crippen LogP contribution in [0.25, 0.3) is 0 Å². The molecule has 0 spiro atoms. The lowest BCUT2D eigenvalue weighted by Crippen LogP contribution is -2.17. The van der Waals surface area contributed by atoms with Crippen LogP contribution in [0.15, 0.2) is 18.2 Å². The van der Waals surface area contributed by atoms with E-state index in [1.54, 1.807) is 38.2 Å². The molecule has 2 N–H and O–H groups in total. The first-order valence-corrected chi connectivity index (χ1v) is 4.85. The number of hydrogen-bond donors (Lipinski definition) is 2. The second kappa shape index (κ2) is 5.09. The van der Waals surface area contributed by atoms with Crippen molar-refractivity contribution >= 4 is 5.69 Å². The van der Waals surface area contributed by atoms with Crippen LogP contribution in [0.2, 0.25) is 0 Å². The molecule has 4 heteroatoms. The van der Waals surface area contributed by atoms with Gasteiger partial charge in [-0.25, -0.2) is 4.39 Å². The smallest absolute Gasteiger partial charge is 0.146 e. The summed E-state index contributed by atoms with van der Waals surface area (Å²) in [6.07, 6.45) is -0.666. The van der Waals surface area contributed by atoms with Crippen molar-refractivity contribution in [1.82, 2.24) is 5.32 Å². The number of aliphatic hydroxyl groups is 1. The highest BCUT2D eigenvalue weighted by atomic mass is 19.1. The summed E-state index contributed by atoms with van der Waals surface area (Å²) in [6.45, 7) is 0.417. The fourth-order valence-corrected chi connectivity index (χ4v) is 1.40. The van der Waals surface area contributed by atoms with Crippen molar-refractivity contribution in [3.05, 3.63) is 29.6 Å². The molecule has 0 amide bonds. The lowest BCUT2D eigenvalue weighted by atomic mass is 10.1. The molecule has 0 aromatic heterocycles. The summed E-state index contributed by atoms with van der Waals surface area (Å²) in [5, 5.41) is 12.5. The van der Waals surface area contributed by atoms with Crippen molar-refractivity contribution in [2.45, 2.75) is 6.10 Å². The van der Waals surface area contributed by atoms with Gasteiger partial charge in [0.1, 0.15) is 5.82 Å². The first kappa shape index (κ1) is 11.9. The lowest BCUT2D eigenvalue weighted by molar-refractivity contribution is 0.177. The molecule has 84 valence electrons. The number of halogens is 1. The van der Waals surface area contributed by atoms with Crippen molar-refractivity contribution in [3.8, 4) is 0 Å². The number of aliphatic hydroxyl groups excluding tert-OH is 1. The average Bonchev–Trinajstić information content (AvgIpc) is 2.17. The maximum atomic E-state index is 13.5. The average molecular weight is 212 g/mol. The van der Waals surface area contributed by atoms with E-state index in [0.717, 1.165) is 0 Å². The van der Waals surface area contributed by atoms with Gasteiger partial charge in [-0.05, 0) is 24.7 Å². The Morgan fingerprint density at radius 1 is 1.47 bits per heavy atom. The molecule has 0 bridgehead atoms. The van der Waals surface area contributed by atoms with Gasteiger partial charge in [-0.3, -0.25) is 0 Å². The quantitative estimate of drug-likeness (QED) is 0.785. The minimum atomic E-state index is -0.666. The second-order valence-corrected chi connectivity index (χ2v) is 3.68. The predicted molar refractivity (Wildman–Crippen MR) is 59.6 cm³/mol. The molecule has 0 fully saturated rings. The summed E-state index contributed by atoms with van der Waals surface area (Å²) in [5.74, 6) is -0.312. The second-order valence-electron chi connectivity index (χ2n) is 3.68. The third-order valence-electron chi connectivity index (χ3n) is 2.24. The third kappa shape index (κ3) is 2.91. The van der Waals surface area contributed by atoms with Crippen molar-refractivity contribution in [3.63, 3.8) is 0 Å². The van der Waals surface area contributed by atoms with Crippen LogP contribution in [0.5, 0.6) is 0 Å². The summed E-state index contributed by atoms with van der Waals surface area (Å²) in [5.41, 5.74) is 1.11. The minimum absolute atomic E-state index is 0.312. The molecular weight excluding hydrogens is 195 g/mol. The zero-order chi connectivity index (χ0) is 11.4. The molecule has 0 saturated carbocycles. The van der Waals surface area contributed by atoms with E-state index in [1.165, 1.54) is 6.07 Å². The van der Waals surface area contributed by atoms with Gasteiger partial charge in [0.2, 0.25) is 0 Å². The van der Waals surface area contributed by atoms with Crippen LogP contribution in [0.3, 0.4) is 0 Å². The van der Waals surface area contributed by atoms with E-state index < -0.39 is 6.10 Å². The Morgan fingerprint density at radius 2 is 2.13 bits per heavy atom. The fourth-order valence-electron chi connectivity index (χ4n) is 1.40. The molecule has 1 aromatic rings. The molecule has 1 rings (SSSR count). The van der Waals surface area contributed by atoms with Crippen LogP contribution in [-0.4, -0.2) is 32.8 Å². The van der Waals surface area contributed by atoms with Gasteiger partial charge in [-0.2, -0.15) is 0 Å². The molecule has 0 aliphatic rings.